The van der Waals surface area contributed by atoms with E-state index in [1.54, 1.807) is 6.92 Å². The van der Waals surface area contributed by atoms with Crippen LogP contribution in [-0.4, -0.2) is 38.6 Å². The molecule has 0 aliphatic heterocycles. The highest BCUT2D eigenvalue weighted by Gasteiger charge is 2.58. The SMILES string of the molecule is CCC(C)C(=O)C1=C(O)C(O)([C@@H](O)CCC(C)C)[C@@H](CCC(C)C)C1=O. The van der Waals surface area contributed by atoms with E-state index >= 15 is 0 Å². The molecule has 0 saturated carbocycles. The van der Waals surface area contributed by atoms with Gasteiger partial charge in [-0.15, -0.1) is 0 Å². The molecule has 4 atom stereocenters. The van der Waals surface area contributed by atoms with Crippen molar-refractivity contribution in [2.45, 2.75) is 85.4 Å². The van der Waals surface area contributed by atoms with Crippen molar-refractivity contribution < 1.29 is 24.9 Å². The number of aliphatic hydroxyl groups is 3. The van der Waals surface area contributed by atoms with Gasteiger partial charge in [0.15, 0.2) is 17.2 Å². The predicted octanol–water partition coefficient (Wildman–Crippen LogP) is 3.58. The molecule has 0 saturated heterocycles. The van der Waals surface area contributed by atoms with Crippen LogP contribution < -0.4 is 0 Å². The molecule has 2 unspecified atom stereocenters. The van der Waals surface area contributed by atoms with Gasteiger partial charge < -0.3 is 15.3 Å². The molecular formula is C21H36O5. The Hall–Kier alpha value is -1.20. The third-order valence-corrected chi connectivity index (χ3v) is 5.57. The van der Waals surface area contributed by atoms with Crippen LogP contribution >= 0.6 is 0 Å². The van der Waals surface area contributed by atoms with E-state index in [0.29, 0.717) is 37.5 Å². The van der Waals surface area contributed by atoms with E-state index < -0.39 is 40.9 Å². The van der Waals surface area contributed by atoms with Crippen LogP contribution in [0.1, 0.15) is 73.6 Å². The van der Waals surface area contributed by atoms with Crippen molar-refractivity contribution in [3.8, 4) is 0 Å². The van der Waals surface area contributed by atoms with Crippen LogP contribution in [0.3, 0.4) is 0 Å². The fourth-order valence-corrected chi connectivity index (χ4v) is 3.48. The molecule has 0 aromatic heterocycles. The molecule has 0 amide bonds. The maximum Gasteiger partial charge on any atom is 0.176 e. The fraction of sp³-hybridized carbons (Fsp3) is 0.810. The van der Waals surface area contributed by atoms with Gasteiger partial charge in [-0.05, 0) is 37.5 Å². The molecule has 0 heterocycles. The second-order valence-corrected chi connectivity index (χ2v) is 8.60. The third-order valence-electron chi connectivity index (χ3n) is 5.57. The Balaban J connectivity index is 3.29. The van der Waals surface area contributed by atoms with Crippen molar-refractivity contribution in [1.82, 2.24) is 0 Å². The van der Waals surface area contributed by atoms with E-state index in [-0.39, 0.29) is 12.0 Å². The summed E-state index contributed by atoms with van der Waals surface area (Å²) >= 11 is 0. The summed E-state index contributed by atoms with van der Waals surface area (Å²) in [7, 11) is 0. The minimum absolute atomic E-state index is 0.258. The zero-order valence-corrected chi connectivity index (χ0v) is 17.1. The highest BCUT2D eigenvalue weighted by molar-refractivity contribution is 6.24. The standard InChI is InChI=1S/C21H36O5/c1-7-14(6)18(23)17-19(24)15(10-8-12(2)3)21(26,20(17)25)16(22)11-9-13(4)5/h12-16,22,25-26H,7-11H2,1-6H3/t14?,15-,16-,21?/m0/s1. The Morgan fingerprint density at radius 1 is 1.08 bits per heavy atom. The number of hydrogen-bond acceptors (Lipinski definition) is 5. The third kappa shape index (κ3) is 4.55. The Morgan fingerprint density at radius 2 is 1.62 bits per heavy atom. The summed E-state index contributed by atoms with van der Waals surface area (Å²) in [6.07, 6.45) is 1.15. The minimum Gasteiger partial charge on any atom is -0.508 e. The minimum atomic E-state index is -2.07. The first-order valence-corrected chi connectivity index (χ1v) is 9.90. The molecule has 26 heavy (non-hydrogen) atoms. The van der Waals surface area contributed by atoms with Crippen LogP contribution in [0, 0.1) is 23.7 Å². The molecule has 3 N–H and O–H groups in total. The van der Waals surface area contributed by atoms with Crippen molar-refractivity contribution in [3.63, 3.8) is 0 Å². The largest absolute Gasteiger partial charge is 0.508 e. The molecular weight excluding hydrogens is 332 g/mol. The number of allylic oxidation sites excluding steroid dienone is 1. The second kappa shape index (κ2) is 9.14. The predicted molar refractivity (Wildman–Crippen MR) is 102 cm³/mol. The quantitative estimate of drug-likeness (QED) is 0.512. The summed E-state index contributed by atoms with van der Waals surface area (Å²) in [5.41, 5.74) is -2.38. The number of ketones is 2. The Labute approximate surface area is 157 Å². The number of rotatable bonds is 10. The first-order chi connectivity index (χ1) is 12.0. The van der Waals surface area contributed by atoms with Crippen molar-refractivity contribution >= 4 is 11.6 Å². The van der Waals surface area contributed by atoms with E-state index in [9.17, 15) is 24.9 Å². The summed E-state index contributed by atoms with van der Waals surface area (Å²) in [4.78, 5) is 25.6. The first-order valence-electron chi connectivity index (χ1n) is 9.90. The lowest BCUT2D eigenvalue weighted by molar-refractivity contribution is -0.137. The molecule has 0 aromatic rings. The second-order valence-electron chi connectivity index (χ2n) is 8.60. The van der Waals surface area contributed by atoms with Crippen molar-refractivity contribution in [2.75, 3.05) is 0 Å². The Kier molecular flexibility index (Phi) is 8.03. The van der Waals surface area contributed by atoms with Gasteiger partial charge in [-0.2, -0.15) is 0 Å². The average molecular weight is 369 g/mol. The Bertz CT molecular complexity index is 549. The summed E-state index contributed by atoms with van der Waals surface area (Å²) in [6, 6.07) is 0. The van der Waals surface area contributed by atoms with Crippen LogP contribution in [0.2, 0.25) is 0 Å². The molecule has 1 rings (SSSR count). The molecule has 5 heteroatoms. The van der Waals surface area contributed by atoms with Gasteiger partial charge in [0.05, 0.1) is 12.0 Å². The smallest absolute Gasteiger partial charge is 0.176 e. The molecule has 0 aromatic carbocycles. The van der Waals surface area contributed by atoms with E-state index in [1.165, 1.54) is 0 Å². The normalized spacial score (nSPS) is 26.1. The molecule has 1 aliphatic rings. The maximum atomic E-state index is 12.9. The summed E-state index contributed by atoms with van der Waals surface area (Å²) in [6.45, 7) is 11.5. The molecule has 0 radical (unpaired) electrons. The molecule has 1 aliphatic carbocycles. The summed E-state index contributed by atoms with van der Waals surface area (Å²) < 4.78 is 0. The number of hydrogen-bond donors (Lipinski definition) is 3. The highest BCUT2D eigenvalue weighted by atomic mass is 16.4. The lowest BCUT2D eigenvalue weighted by atomic mass is 9.78. The van der Waals surface area contributed by atoms with Gasteiger partial charge >= 0.3 is 0 Å². The summed E-state index contributed by atoms with van der Waals surface area (Å²) in [5.74, 6) is -2.39. The number of Topliss-reactive ketones (excluding diaryl/α,β-unsaturated/α-hetero) is 2. The number of carbonyl (C=O) groups excluding carboxylic acids is 2. The highest BCUT2D eigenvalue weighted by Crippen LogP contribution is 2.44. The fourth-order valence-electron chi connectivity index (χ4n) is 3.48. The van der Waals surface area contributed by atoms with Gasteiger partial charge in [-0.1, -0.05) is 48.0 Å². The zero-order chi connectivity index (χ0) is 20.2. The van der Waals surface area contributed by atoms with Crippen LogP contribution in [0.25, 0.3) is 0 Å². The Morgan fingerprint density at radius 3 is 2.08 bits per heavy atom. The van der Waals surface area contributed by atoms with E-state index in [2.05, 4.69) is 0 Å². The lowest BCUT2D eigenvalue weighted by Gasteiger charge is -2.34. The summed E-state index contributed by atoms with van der Waals surface area (Å²) in [5, 5.41) is 32.6. The van der Waals surface area contributed by atoms with E-state index in [4.69, 9.17) is 0 Å². The number of carbonyl (C=O) groups is 2. The van der Waals surface area contributed by atoms with E-state index in [1.807, 2.05) is 34.6 Å². The zero-order valence-electron chi connectivity index (χ0n) is 17.1. The molecule has 150 valence electrons. The van der Waals surface area contributed by atoms with Crippen LogP contribution in [0.5, 0.6) is 0 Å². The van der Waals surface area contributed by atoms with Crippen molar-refractivity contribution in [3.05, 3.63) is 11.3 Å². The van der Waals surface area contributed by atoms with Gasteiger partial charge in [0.1, 0.15) is 11.3 Å². The van der Waals surface area contributed by atoms with Gasteiger partial charge in [0.25, 0.3) is 0 Å². The average Bonchev–Trinajstić information content (AvgIpc) is 2.76. The molecule has 0 fully saturated rings. The number of aliphatic hydroxyl groups excluding tert-OH is 2. The monoisotopic (exact) mass is 368 g/mol. The van der Waals surface area contributed by atoms with Gasteiger partial charge in [-0.25, -0.2) is 0 Å². The first kappa shape index (κ1) is 22.8. The van der Waals surface area contributed by atoms with Gasteiger partial charge in [-0.3, -0.25) is 9.59 Å². The topological polar surface area (TPSA) is 94.8 Å². The lowest BCUT2D eigenvalue weighted by Crippen LogP contribution is -2.49. The van der Waals surface area contributed by atoms with Crippen LogP contribution in [0.4, 0.5) is 0 Å². The molecule has 0 bridgehead atoms. The maximum absolute atomic E-state index is 12.9. The van der Waals surface area contributed by atoms with Gasteiger partial charge in [0.2, 0.25) is 0 Å². The van der Waals surface area contributed by atoms with Crippen molar-refractivity contribution in [2.24, 2.45) is 23.7 Å². The van der Waals surface area contributed by atoms with Gasteiger partial charge in [0, 0.05) is 5.92 Å². The molecule has 0 spiro atoms. The van der Waals surface area contributed by atoms with Crippen LogP contribution in [-0.2, 0) is 9.59 Å². The molecule has 5 nitrogen and oxygen atoms in total. The van der Waals surface area contributed by atoms with E-state index in [0.717, 1.165) is 0 Å². The van der Waals surface area contributed by atoms with Crippen LogP contribution in [0.15, 0.2) is 11.3 Å². The van der Waals surface area contributed by atoms with Crippen molar-refractivity contribution in [1.29, 1.82) is 0 Å².